The molecule has 0 radical (unpaired) electrons. The number of anilines is 1. The van der Waals surface area contributed by atoms with Crippen LogP contribution in [0.3, 0.4) is 0 Å². The molecule has 0 saturated carbocycles. The number of benzene rings is 1. The SMILES string of the molecule is Nc1ccccc1OCC(O)CSc1ncccn1. The first-order chi connectivity index (χ1) is 9.25. The van der Waals surface area contributed by atoms with Crippen LogP contribution in [-0.2, 0) is 0 Å². The van der Waals surface area contributed by atoms with Crippen molar-refractivity contribution in [2.45, 2.75) is 11.3 Å². The fourth-order valence-corrected chi connectivity index (χ4v) is 2.09. The maximum Gasteiger partial charge on any atom is 0.187 e. The lowest BCUT2D eigenvalue weighted by Crippen LogP contribution is -2.20. The maximum atomic E-state index is 9.82. The summed E-state index contributed by atoms with van der Waals surface area (Å²) in [5, 5.41) is 10.5. The van der Waals surface area contributed by atoms with Gasteiger partial charge in [0.05, 0.1) is 11.8 Å². The zero-order chi connectivity index (χ0) is 13.5. The predicted molar refractivity (Wildman–Crippen MR) is 75.1 cm³/mol. The Kier molecular flexibility index (Phi) is 5.00. The van der Waals surface area contributed by atoms with Crippen LogP contribution in [0.1, 0.15) is 0 Å². The second-order valence-corrected chi connectivity index (χ2v) is 4.83. The third kappa shape index (κ3) is 4.42. The van der Waals surface area contributed by atoms with Crippen molar-refractivity contribution in [2.24, 2.45) is 0 Å². The van der Waals surface area contributed by atoms with Crippen LogP contribution in [0.4, 0.5) is 5.69 Å². The van der Waals surface area contributed by atoms with Gasteiger partial charge in [0.15, 0.2) is 5.16 Å². The van der Waals surface area contributed by atoms with Crippen molar-refractivity contribution in [1.82, 2.24) is 9.97 Å². The zero-order valence-corrected chi connectivity index (χ0v) is 11.1. The predicted octanol–water partition coefficient (Wildman–Crippen LogP) is 1.59. The summed E-state index contributed by atoms with van der Waals surface area (Å²) in [4.78, 5) is 8.13. The van der Waals surface area contributed by atoms with Crippen LogP contribution in [0.2, 0.25) is 0 Å². The molecular formula is C13H15N3O2S. The quantitative estimate of drug-likeness (QED) is 0.474. The molecule has 19 heavy (non-hydrogen) atoms. The Hall–Kier alpha value is -1.79. The van der Waals surface area contributed by atoms with Gasteiger partial charge in [-0.15, -0.1) is 0 Å². The Labute approximate surface area is 115 Å². The van der Waals surface area contributed by atoms with Crippen molar-refractivity contribution in [3.05, 3.63) is 42.7 Å². The molecule has 0 aliphatic rings. The summed E-state index contributed by atoms with van der Waals surface area (Å²) in [6, 6.07) is 8.96. The average Bonchev–Trinajstić information content (AvgIpc) is 2.45. The molecule has 1 atom stereocenters. The monoisotopic (exact) mass is 277 g/mol. The van der Waals surface area contributed by atoms with Gasteiger partial charge in [-0.1, -0.05) is 23.9 Å². The van der Waals surface area contributed by atoms with E-state index in [0.717, 1.165) is 0 Å². The average molecular weight is 277 g/mol. The summed E-state index contributed by atoms with van der Waals surface area (Å²) in [5.74, 6) is 1.05. The number of hydrogen-bond donors (Lipinski definition) is 2. The molecular weight excluding hydrogens is 262 g/mol. The van der Waals surface area contributed by atoms with Crippen molar-refractivity contribution in [2.75, 3.05) is 18.1 Å². The standard InChI is InChI=1S/C13H15N3O2S/c14-11-4-1-2-5-12(11)18-8-10(17)9-19-13-15-6-3-7-16-13/h1-7,10,17H,8-9,14H2. The summed E-state index contributed by atoms with van der Waals surface area (Å²) in [5.41, 5.74) is 6.30. The van der Waals surface area contributed by atoms with Crippen LogP contribution in [-0.4, -0.2) is 33.5 Å². The molecule has 0 aliphatic carbocycles. The Morgan fingerprint density at radius 3 is 2.68 bits per heavy atom. The number of nitrogen functional groups attached to an aromatic ring is 1. The van der Waals surface area contributed by atoms with E-state index >= 15 is 0 Å². The highest BCUT2D eigenvalue weighted by Gasteiger charge is 2.08. The second-order valence-electron chi connectivity index (χ2n) is 3.85. The largest absolute Gasteiger partial charge is 0.489 e. The first-order valence-electron chi connectivity index (χ1n) is 5.81. The van der Waals surface area contributed by atoms with E-state index in [9.17, 15) is 5.11 Å². The van der Waals surface area contributed by atoms with E-state index in [2.05, 4.69) is 9.97 Å². The molecule has 0 saturated heterocycles. The molecule has 1 heterocycles. The topological polar surface area (TPSA) is 81.3 Å². The molecule has 100 valence electrons. The van der Waals surface area contributed by atoms with Gasteiger partial charge >= 0.3 is 0 Å². The van der Waals surface area contributed by atoms with Crippen LogP contribution in [0.5, 0.6) is 5.75 Å². The summed E-state index contributed by atoms with van der Waals surface area (Å²) in [6.45, 7) is 0.189. The van der Waals surface area contributed by atoms with Gasteiger partial charge in [-0.2, -0.15) is 0 Å². The highest BCUT2D eigenvalue weighted by Crippen LogP contribution is 2.20. The number of nitrogens with two attached hydrogens (primary N) is 1. The van der Waals surface area contributed by atoms with E-state index in [1.165, 1.54) is 11.8 Å². The molecule has 6 heteroatoms. The third-order valence-electron chi connectivity index (χ3n) is 2.30. The van der Waals surface area contributed by atoms with Gasteiger partial charge in [0.1, 0.15) is 12.4 Å². The molecule has 1 aromatic heterocycles. The summed E-state index contributed by atoms with van der Waals surface area (Å²) < 4.78 is 5.46. The van der Waals surface area contributed by atoms with Crippen molar-refractivity contribution >= 4 is 17.4 Å². The molecule has 1 aromatic carbocycles. The van der Waals surface area contributed by atoms with E-state index in [4.69, 9.17) is 10.5 Å². The van der Waals surface area contributed by atoms with E-state index in [-0.39, 0.29) is 6.61 Å². The van der Waals surface area contributed by atoms with Crippen LogP contribution in [0.15, 0.2) is 47.9 Å². The molecule has 0 aliphatic heterocycles. The van der Waals surface area contributed by atoms with Crippen molar-refractivity contribution in [3.63, 3.8) is 0 Å². The van der Waals surface area contributed by atoms with Crippen LogP contribution < -0.4 is 10.5 Å². The minimum Gasteiger partial charge on any atom is -0.489 e. The number of aromatic nitrogens is 2. The highest BCUT2D eigenvalue weighted by molar-refractivity contribution is 7.99. The maximum absolute atomic E-state index is 9.82. The van der Waals surface area contributed by atoms with Gasteiger partial charge in [-0.25, -0.2) is 9.97 Å². The van der Waals surface area contributed by atoms with Crippen molar-refractivity contribution in [1.29, 1.82) is 0 Å². The lowest BCUT2D eigenvalue weighted by molar-refractivity contribution is 0.127. The molecule has 5 nitrogen and oxygen atoms in total. The number of hydrogen-bond acceptors (Lipinski definition) is 6. The van der Waals surface area contributed by atoms with Gasteiger partial charge in [0.25, 0.3) is 0 Å². The molecule has 3 N–H and O–H groups in total. The Morgan fingerprint density at radius 2 is 1.95 bits per heavy atom. The number of nitrogens with zero attached hydrogens (tertiary/aromatic N) is 2. The van der Waals surface area contributed by atoms with E-state index < -0.39 is 6.10 Å². The smallest absolute Gasteiger partial charge is 0.187 e. The highest BCUT2D eigenvalue weighted by atomic mass is 32.2. The Balaban J connectivity index is 1.76. The van der Waals surface area contributed by atoms with Gasteiger partial charge < -0.3 is 15.6 Å². The number of aliphatic hydroxyl groups is 1. The third-order valence-corrected chi connectivity index (χ3v) is 3.32. The van der Waals surface area contributed by atoms with Gasteiger partial charge in [-0.3, -0.25) is 0 Å². The number of thioether (sulfide) groups is 1. The minimum absolute atomic E-state index is 0.189. The second kappa shape index (κ2) is 6.96. The van der Waals surface area contributed by atoms with Crippen LogP contribution in [0.25, 0.3) is 0 Å². The summed E-state index contributed by atoms with van der Waals surface area (Å²) >= 11 is 1.38. The zero-order valence-electron chi connectivity index (χ0n) is 10.3. The summed E-state index contributed by atoms with van der Waals surface area (Å²) in [7, 11) is 0. The molecule has 0 spiro atoms. The van der Waals surface area contributed by atoms with Gasteiger partial charge in [0.2, 0.25) is 0 Å². The molecule has 2 rings (SSSR count). The normalized spacial score (nSPS) is 12.1. The molecule has 0 amide bonds. The number of aliphatic hydroxyl groups excluding tert-OH is 1. The summed E-state index contributed by atoms with van der Waals surface area (Å²) in [6.07, 6.45) is 2.74. The number of ether oxygens (including phenoxy) is 1. The lowest BCUT2D eigenvalue weighted by atomic mass is 10.3. The van der Waals surface area contributed by atoms with E-state index in [0.29, 0.717) is 22.3 Å². The van der Waals surface area contributed by atoms with Crippen molar-refractivity contribution < 1.29 is 9.84 Å². The number of rotatable bonds is 6. The minimum atomic E-state index is -0.603. The number of para-hydroxylation sites is 2. The fraction of sp³-hybridized carbons (Fsp3) is 0.231. The van der Waals surface area contributed by atoms with Gasteiger partial charge in [0, 0.05) is 18.1 Å². The fourth-order valence-electron chi connectivity index (χ4n) is 1.38. The Morgan fingerprint density at radius 1 is 1.21 bits per heavy atom. The van der Waals surface area contributed by atoms with E-state index in [1.54, 1.807) is 30.6 Å². The molecule has 1 unspecified atom stereocenters. The molecule has 0 bridgehead atoms. The first-order valence-corrected chi connectivity index (χ1v) is 6.79. The van der Waals surface area contributed by atoms with Gasteiger partial charge in [-0.05, 0) is 18.2 Å². The van der Waals surface area contributed by atoms with Crippen LogP contribution >= 0.6 is 11.8 Å². The molecule has 2 aromatic rings. The Bertz CT molecular complexity index is 510. The van der Waals surface area contributed by atoms with E-state index in [1.807, 2.05) is 12.1 Å². The van der Waals surface area contributed by atoms with Crippen molar-refractivity contribution in [3.8, 4) is 5.75 Å². The van der Waals surface area contributed by atoms with Crippen LogP contribution in [0, 0.1) is 0 Å². The molecule has 0 fully saturated rings. The first kappa shape index (κ1) is 13.6. The lowest BCUT2D eigenvalue weighted by Gasteiger charge is -2.12.